The number of rotatable bonds is 4. The monoisotopic (exact) mass is 561 g/mol. The quantitative estimate of drug-likeness (QED) is 0.199. The van der Waals surface area contributed by atoms with Crippen LogP contribution in [-0.4, -0.2) is 4.98 Å². The van der Waals surface area contributed by atoms with Gasteiger partial charge < -0.3 is 4.74 Å². The lowest BCUT2D eigenvalue weighted by molar-refractivity contribution is 0.494. The molecule has 0 bridgehead atoms. The van der Waals surface area contributed by atoms with E-state index in [0.29, 0.717) is 0 Å². The molecule has 1 unspecified atom stereocenters. The molecule has 1 aliphatic rings. The van der Waals surface area contributed by atoms with E-state index in [0.717, 1.165) is 33.0 Å². The van der Waals surface area contributed by atoms with Crippen LogP contribution >= 0.6 is 0 Å². The van der Waals surface area contributed by atoms with Crippen molar-refractivity contribution in [2.75, 3.05) is 0 Å². The highest BCUT2D eigenvalue weighted by atomic mass is 16.5. The minimum Gasteiger partial charge on any atom is -0.456 e. The third-order valence-electron chi connectivity index (χ3n) is 9.09. The van der Waals surface area contributed by atoms with Crippen molar-refractivity contribution < 1.29 is 4.74 Å². The maximum absolute atomic E-state index is 6.94. The third kappa shape index (κ3) is 3.78. The number of nitrogens with zero attached hydrogens (tertiary/aromatic N) is 1. The van der Waals surface area contributed by atoms with Crippen molar-refractivity contribution in [2.45, 2.75) is 5.92 Å². The first-order chi connectivity index (χ1) is 21.8. The van der Waals surface area contributed by atoms with Crippen molar-refractivity contribution in [3.63, 3.8) is 0 Å². The fourth-order valence-electron chi connectivity index (χ4n) is 7.19. The largest absolute Gasteiger partial charge is 0.456 e. The molecule has 2 nitrogen and oxygen atoms in total. The zero-order valence-corrected chi connectivity index (χ0v) is 23.9. The fourth-order valence-corrected chi connectivity index (χ4v) is 7.19. The van der Waals surface area contributed by atoms with Gasteiger partial charge in [-0.15, -0.1) is 0 Å². The summed E-state index contributed by atoms with van der Waals surface area (Å²) in [5.41, 5.74) is 8.84. The van der Waals surface area contributed by atoms with Gasteiger partial charge >= 0.3 is 0 Å². The molecule has 1 heterocycles. The molecule has 0 radical (unpaired) electrons. The molecule has 44 heavy (non-hydrogen) atoms. The van der Waals surface area contributed by atoms with E-state index in [2.05, 4.69) is 151 Å². The van der Waals surface area contributed by atoms with Gasteiger partial charge in [-0.2, -0.15) is 0 Å². The Morgan fingerprint density at radius 2 is 1.16 bits per heavy atom. The summed E-state index contributed by atoms with van der Waals surface area (Å²) in [5.74, 6) is 1.89. The second-order valence-electron chi connectivity index (χ2n) is 11.5. The van der Waals surface area contributed by atoms with E-state index in [1.807, 2.05) is 12.4 Å². The molecule has 1 aliphatic carbocycles. The van der Waals surface area contributed by atoms with Crippen LogP contribution in [0.2, 0.25) is 0 Å². The number of pyridine rings is 1. The number of aromatic nitrogens is 1. The molecular weight excluding hydrogens is 534 g/mol. The number of hydrogen-bond donors (Lipinski definition) is 0. The molecule has 0 saturated carbocycles. The van der Waals surface area contributed by atoms with Crippen LogP contribution in [0.25, 0.3) is 54.6 Å². The first kappa shape index (κ1) is 24.8. The van der Waals surface area contributed by atoms with Crippen LogP contribution in [0.15, 0.2) is 158 Å². The first-order valence-corrected chi connectivity index (χ1v) is 15.1. The normalized spacial score (nSPS) is 13.7. The van der Waals surface area contributed by atoms with Crippen molar-refractivity contribution >= 4 is 32.3 Å². The SMILES string of the molecule is c1ccc(C2c3ccccc3-c3cc(Oc4c5ccccc5c(-c5cccc6ccccc56)c5cnccc45)ccc32)cc1. The molecule has 0 fully saturated rings. The average Bonchev–Trinajstić information content (AvgIpc) is 3.42. The molecule has 1 aromatic heterocycles. The minimum atomic E-state index is 0.212. The Hall–Kier alpha value is -5.73. The Morgan fingerprint density at radius 1 is 0.477 bits per heavy atom. The Morgan fingerprint density at radius 3 is 2.07 bits per heavy atom. The number of fused-ring (bicyclic) bond motifs is 6. The van der Waals surface area contributed by atoms with Crippen LogP contribution in [0.1, 0.15) is 22.6 Å². The van der Waals surface area contributed by atoms with E-state index >= 15 is 0 Å². The molecule has 0 amide bonds. The number of ether oxygens (including phenoxy) is 1. The second kappa shape index (κ2) is 9.93. The maximum Gasteiger partial charge on any atom is 0.143 e. The fraction of sp³-hybridized carbons (Fsp3) is 0.0238. The van der Waals surface area contributed by atoms with Crippen molar-refractivity contribution in [1.82, 2.24) is 4.98 Å². The summed E-state index contributed by atoms with van der Waals surface area (Å²) in [6, 6.07) is 51.9. The second-order valence-corrected chi connectivity index (χ2v) is 11.5. The number of hydrogen-bond acceptors (Lipinski definition) is 2. The highest BCUT2D eigenvalue weighted by molar-refractivity contribution is 6.19. The molecule has 0 aliphatic heterocycles. The predicted octanol–water partition coefficient (Wildman–Crippen LogP) is 11.2. The first-order valence-electron chi connectivity index (χ1n) is 15.1. The minimum absolute atomic E-state index is 0.212. The topological polar surface area (TPSA) is 22.1 Å². The third-order valence-corrected chi connectivity index (χ3v) is 9.09. The zero-order chi connectivity index (χ0) is 29.0. The van der Waals surface area contributed by atoms with Crippen molar-refractivity contribution in [1.29, 1.82) is 0 Å². The van der Waals surface area contributed by atoms with E-state index in [1.54, 1.807) is 0 Å². The van der Waals surface area contributed by atoms with E-state index in [-0.39, 0.29) is 5.92 Å². The lowest BCUT2D eigenvalue weighted by atomic mass is 9.89. The standard InChI is InChI=1S/C42H27NO/c1-2-12-28(13-3-1)40-33-17-7-6-16-31(33)38-25-29(21-22-35(38)40)44-42-36-19-9-8-18-34(36)41(39-26-43-24-23-37(39)42)32-20-10-14-27-11-4-5-15-30(27)32/h1-26,40H. The molecular formula is C42H27NO. The van der Waals surface area contributed by atoms with E-state index in [9.17, 15) is 0 Å². The molecule has 2 heteroatoms. The van der Waals surface area contributed by atoms with E-state index < -0.39 is 0 Å². The van der Waals surface area contributed by atoms with Gasteiger partial charge in [0, 0.05) is 34.5 Å². The molecule has 0 saturated heterocycles. The Balaban J connectivity index is 1.24. The van der Waals surface area contributed by atoms with Gasteiger partial charge in [-0.05, 0) is 73.3 Å². The Bertz CT molecular complexity index is 2310. The van der Waals surface area contributed by atoms with Crippen LogP contribution in [0, 0.1) is 0 Å². The zero-order valence-electron chi connectivity index (χ0n) is 23.9. The molecule has 206 valence electrons. The van der Waals surface area contributed by atoms with Crippen LogP contribution in [0.4, 0.5) is 0 Å². The average molecular weight is 562 g/mol. The summed E-state index contributed by atoms with van der Waals surface area (Å²) in [5, 5.41) is 6.80. The lowest BCUT2D eigenvalue weighted by Crippen LogP contribution is -1.98. The van der Waals surface area contributed by atoms with Crippen molar-refractivity contribution in [3.05, 3.63) is 175 Å². The van der Waals surface area contributed by atoms with Gasteiger partial charge in [0.15, 0.2) is 0 Å². The smallest absolute Gasteiger partial charge is 0.143 e. The summed E-state index contributed by atoms with van der Waals surface area (Å²) in [7, 11) is 0. The van der Waals surface area contributed by atoms with Crippen LogP contribution in [0.3, 0.4) is 0 Å². The highest BCUT2D eigenvalue weighted by Gasteiger charge is 2.30. The predicted molar refractivity (Wildman–Crippen MR) is 182 cm³/mol. The summed E-state index contributed by atoms with van der Waals surface area (Å²) in [4.78, 5) is 4.59. The summed E-state index contributed by atoms with van der Waals surface area (Å²) >= 11 is 0. The van der Waals surface area contributed by atoms with Crippen LogP contribution in [0.5, 0.6) is 11.5 Å². The molecule has 0 N–H and O–H groups in total. The molecule has 1 atom stereocenters. The van der Waals surface area contributed by atoms with Gasteiger partial charge in [0.1, 0.15) is 11.5 Å². The van der Waals surface area contributed by atoms with Crippen molar-refractivity contribution in [3.8, 4) is 33.8 Å². The summed E-state index contributed by atoms with van der Waals surface area (Å²) < 4.78 is 6.94. The highest BCUT2D eigenvalue weighted by Crippen LogP contribution is 2.50. The van der Waals surface area contributed by atoms with Crippen molar-refractivity contribution in [2.24, 2.45) is 0 Å². The molecule has 9 rings (SSSR count). The van der Waals surface area contributed by atoms with Gasteiger partial charge in [-0.1, -0.05) is 127 Å². The summed E-state index contributed by atoms with van der Waals surface area (Å²) in [6.45, 7) is 0. The van der Waals surface area contributed by atoms with E-state index in [1.165, 1.54) is 49.7 Å². The molecule has 8 aromatic rings. The van der Waals surface area contributed by atoms with Gasteiger partial charge in [0.2, 0.25) is 0 Å². The van der Waals surface area contributed by atoms with Gasteiger partial charge in [-0.25, -0.2) is 0 Å². The Labute approximate surface area is 255 Å². The van der Waals surface area contributed by atoms with Gasteiger partial charge in [0.25, 0.3) is 0 Å². The maximum atomic E-state index is 6.94. The summed E-state index contributed by atoms with van der Waals surface area (Å²) in [6.07, 6.45) is 3.84. The lowest BCUT2D eigenvalue weighted by Gasteiger charge is -2.19. The van der Waals surface area contributed by atoms with Crippen LogP contribution in [-0.2, 0) is 0 Å². The van der Waals surface area contributed by atoms with Gasteiger partial charge in [0.05, 0.1) is 0 Å². The van der Waals surface area contributed by atoms with E-state index in [4.69, 9.17) is 4.74 Å². The molecule has 0 spiro atoms. The van der Waals surface area contributed by atoms with Crippen LogP contribution < -0.4 is 4.74 Å². The molecule has 7 aromatic carbocycles. The Kier molecular flexibility index (Phi) is 5.60. The number of benzene rings is 7. The van der Waals surface area contributed by atoms with Gasteiger partial charge in [-0.3, -0.25) is 4.98 Å².